The third-order valence-corrected chi connectivity index (χ3v) is 6.18. The Morgan fingerprint density at radius 2 is 1.94 bits per heavy atom. The number of carbonyl (C=O) groups is 3. The number of β-lactam (4-membered cyclic amide) rings is 1. The van der Waals surface area contributed by atoms with Crippen LogP contribution in [0.1, 0.15) is 37.3 Å². The molecule has 1 saturated heterocycles. The number of ether oxygens (including phenoxy) is 2. The van der Waals surface area contributed by atoms with Gasteiger partial charge in [-0.1, -0.05) is 41.1 Å². The molecular formula is C23H21BrFNO6. The smallest absolute Gasteiger partial charge is 0.404 e. The van der Waals surface area contributed by atoms with Gasteiger partial charge in [0.2, 0.25) is 11.8 Å². The summed E-state index contributed by atoms with van der Waals surface area (Å²) in [5, 5.41) is 9.66. The lowest BCUT2D eigenvalue weighted by Crippen LogP contribution is -2.66. The molecule has 1 fully saturated rings. The Bertz CT molecular complexity index is 1100. The van der Waals surface area contributed by atoms with E-state index in [1.807, 2.05) is 18.2 Å². The van der Waals surface area contributed by atoms with Crippen LogP contribution >= 0.6 is 15.9 Å². The van der Waals surface area contributed by atoms with Crippen molar-refractivity contribution in [2.45, 2.75) is 44.7 Å². The van der Waals surface area contributed by atoms with Crippen molar-refractivity contribution >= 4 is 33.7 Å². The first-order chi connectivity index (χ1) is 15.1. The molecule has 2 aliphatic rings. The number of carboxylic acids is 1. The second kappa shape index (κ2) is 8.20. The summed E-state index contributed by atoms with van der Waals surface area (Å²) in [4.78, 5) is 38.2. The Hall–Kier alpha value is -2.94. The van der Waals surface area contributed by atoms with Gasteiger partial charge in [-0.15, -0.1) is 0 Å². The predicted octanol–water partition coefficient (Wildman–Crippen LogP) is 4.04. The van der Waals surface area contributed by atoms with E-state index in [0.717, 1.165) is 21.9 Å². The summed E-state index contributed by atoms with van der Waals surface area (Å²) in [6.07, 6.45) is 0.157. The number of aliphatic carboxylic acids is 1. The number of likely N-dealkylation sites (tertiary alicyclic amines) is 1. The van der Waals surface area contributed by atoms with Crippen molar-refractivity contribution in [1.82, 2.24) is 4.90 Å². The molecule has 0 spiro atoms. The molecule has 4 rings (SSSR count). The van der Waals surface area contributed by atoms with E-state index in [4.69, 9.17) is 9.47 Å². The molecule has 7 nitrogen and oxygen atoms in total. The molecule has 2 aromatic carbocycles. The highest BCUT2D eigenvalue weighted by Gasteiger charge is 2.54. The Balaban J connectivity index is 1.45. The molecular weight excluding hydrogens is 485 g/mol. The van der Waals surface area contributed by atoms with Gasteiger partial charge in [0.1, 0.15) is 6.04 Å². The SMILES string of the molecule is C[C@@H](CC(=O)N1C(=O)[C@H](Cc2cccc(Br)c2)[C@H]1C(=O)O)c1ccc2c(c1)OC(C)(F)O2. The number of hydrogen-bond donors (Lipinski definition) is 1. The zero-order valence-corrected chi connectivity index (χ0v) is 19.0. The molecule has 4 atom stereocenters. The lowest BCUT2D eigenvalue weighted by Gasteiger charge is -2.43. The van der Waals surface area contributed by atoms with Gasteiger partial charge in [0.15, 0.2) is 11.5 Å². The van der Waals surface area contributed by atoms with Crippen LogP contribution in [0.25, 0.3) is 0 Å². The zero-order chi connectivity index (χ0) is 23.2. The first-order valence-electron chi connectivity index (χ1n) is 10.1. The van der Waals surface area contributed by atoms with Crippen LogP contribution in [0.4, 0.5) is 4.39 Å². The summed E-state index contributed by atoms with van der Waals surface area (Å²) in [7, 11) is 0. The van der Waals surface area contributed by atoms with Gasteiger partial charge in [0, 0.05) is 17.8 Å². The Labute approximate surface area is 192 Å². The molecule has 9 heteroatoms. The normalized spacial score (nSPS) is 24.8. The Morgan fingerprint density at radius 3 is 2.62 bits per heavy atom. The number of amides is 2. The minimum Gasteiger partial charge on any atom is -0.480 e. The van der Waals surface area contributed by atoms with Crippen LogP contribution in [0.15, 0.2) is 46.9 Å². The molecule has 0 saturated carbocycles. The molecule has 0 radical (unpaired) electrons. The predicted molar refractivity (Wildman–Crippen MR) is 115 cm³/mol. The van der Waals surface area contributed by atoms with Crippen molar-refractivity contribution in [2.24, 2.45) is 5.92 Å². The van der Waals surface area contributed by atoms with E-state index < -0.39 is 35.8 Å². The lowest BCUT2D eigenvalue weighted by atomic mass is 9.81. The van der Waals surface area contributed by atoms with E-state index in [-0.39, 0.29) is 30.3 Å². The summed E-state index contributed by atoms with van der Waals surface area (Å²) in [5.74, 6) is -2.93. The summed E-state index contributed by atoms with van der Waals surface area (Å²) in [6.45, 7) is 2.91. The van der Waals surface area contributed by atoms with E-state index >= 15 is 0 Å². The first-order valence-corrected chi connectivity index (χ1v) is 10.9. The molecule has 32 heavy (non-hydrogen) atoms. The third kappa shape index (κ3) is 4.21. The minimum absolute atomic E-state index is 0.0777. The molecule has 1 N–H and O–H groups in total. The van der Waals surface area contributed by atoms with Gasteiger partial charge in [0.25, 0.3) is 0 Å². The monoisotopic (exact) mass is 505 g/mol. The maximum Gasteiger partial charge on any atom is 0.404 e. The first kappa shape index (κ1) is 22.3. The van der Waals surface area contributed by atoms with Crippen LogP contribution < -0.4 is 9.47 Å². The third-order valence-electron chi connectivity index (χ3n) is 5.68. The fraction of sp³-hybridized carbons (Fsp3) is 0.348. The maximum absolute atomic E-state index is 13.9. The molecule has 0 aromatic heterocycles. The largest absolute Gasteiger partial charge is 0.480 e. The maximum atomic E-state index is 13.9. The fourth-order valence-corrected chi connectivity index (χ4v) is 4.56. The summed E-state index contributed by atoms with van der Waals surface area (Å²) in [5.41, 5.74) is 1.49. The fourth-order valence-electron chi connectivity index (χ4n) is 4.11. The second-order valence-corrected chi connectivity index (χ2v) is 9.09. The van der Waals surface area contributed by atoms with Crippen molar-refractivity contribution in [3.8, 4) is 11.5 Å². The van der Waals surface area contributed by atoms with Crippen LogP contribution in [0.5, 0.6) is 11.5 Å². The van der Waals surface area contributed by atoms with Gasteiger partial charge in [0.05, 0.1) is 5.92 Å². The van der Waals surface area contributed by atoms with Gasteiger partial charge in [-0.05, 0) is 47.7 Å². The topological polar surface area (TPSA) is 93.1 Å². The van der Waals surface area contributed by atoms with Crippen LogP contribution in [-0.4, -0.2) is 39.9 Å². The van der Waals surface area contributed by atoms with Gasteiger partial charge in [-0.3, -0.25) is 14.5 Å². The van der Waals surface area contributed by atoms with Gasteiger partial charge >= 0.3 is 12.0 Å². The number of carboxylic acid groups (broad SMARTS) is 1. The number of imide groups is 1. The number of fused-ring (bicyclic) bond motifs is 1. The minimum atomic E-state index is -2.25. The summed E-state index contributed by atoms with van der Waals surface area (Å²) >= 11 is 3.36. The zero-order valence-electron chi connectivity index (χ0n) is 17.4. The van der Waals surface area contributed by atoms with Crippen molar-refractivity contribution in [2.75, 3.05) is 0 Å². The number of halogens is 2. The van der Waals surface area contributed by atoms with Crippen LogP contribution in [0.3, 0.4) is 0 Å². The lowest BCUT2D eigenvalue weighted by molar-refractivity contribution is -0.177. The molecule has 2 amide bonds. The number of benzene rings is 2. The van der Waals surface area contributed by atoms with Crippen LogP contribution in [0.2, 0.25) is 0 Å². The number of alkyl halides is 1. The molecule has 0 aliphatic carbocycles. The number of carbonyl (C=O) groups excluding carboxylic acids is 2. The quantitative estimate of drug-likeness (QED) is 0.595. The summed E-state index contributed by atoms with van der Waals surface area (Å²) < 4.78 is 24.8. The van der Waals surface area contributed by atoms with Crippen molar-refractivity contribution in [3.63, 3.8) is 0 Å². The number of rotatable bonds is 6. The molecule has 2 aliphatic heterocycles. The van der Waals surface area contributed by atoms with Crippen LogP contribution in [0, 0.1) is 5.92 Å². The van der Waals surface area contributed by atoms with E-state index in [1.54, 1.807) is 31.2 Å². The highest BCUT2D eigenvalue weighted by Crippen LogP contribution is 2.42. The Kier molecular flexibility index (Phi) is 5.70. The van der Waals surface area contributed by atoms with Crippen LogP contribution in [-0.2, 0) is 20.8 Å². The van der Waals surface area contributed by atoms with Crippen molar-refractivity contribution in [1.29, 1.82) is 0 Å². The van der Waals surface area contributed by atoms with Gasteiger partial charge < -0.3 is 14.6 Å². The van der Waals surface area contributed by atoms with Gasteiger partial charge in [-0.2, -0.15) is 4.39 Å². The molecule has 2 heterocycles. The molecule has 2 aromatic rings. The highest BCUT2D eigenvalue weighted by molar-refractivity contribution is 9.10. The van der Waals surface area contributed by atoms with E-state index in [2.05, 4.69) is 15.9 Å². The summed E-state index contributed by atoms with van der Waals surface area (Å²) in [6, 6.07) is 8.64. The average Bonchev–Trinajstić information content (AvgIpc) is 3.02. The Morgan fingerprint density at radius 1 is 1.22 bits per heavy atom. The van der Waals surface area contributed by atoms with E-state index in [1.165, 1.54) is 0 Å². The second-order valence-electron chi connectivity index (χ2n) is 8.18. The molecule has 168 valence electrons. The van der Waals surface area contributed by atoms with E-state index in [9.17, 15) is 23.9 Å². The standard InChI is InChI=1S/C23H21BrFNO6/c1-12(14-6-7-17-18(11-14)32-23(2,25)31-17)8-19(27)26-20(22(29)30)16(21(26)28)10-13-4-3-5-15(24)9-13/h3-7,9,11-12,16,20H,8,10H2,1-2H3,(H,29,30)/t12-,16+,20-,23?/m0/s1. The average molecular weight is 506 g/mol. The van der Waals surface area contributed by atoms with Gasteiger partial charge in [-0.25, -0.2) is 4.79 Å². The number of nitrogens with zero attached hydrogens (tertiary/aromatic N) is 1. The molecule has 0 bridgehead atoms. The molecule has 1 unspecified atom stereocenters. The van der Waals surface area contributed by atoms with E-state index in [0.29, 0.717) is 5.56 Å². The highest BCUT2D eigenvalue weighted by atomic mass is 79.9. The number of hydrogen-bond acceptors (Lipinski definition) is 5. The van der Waals surface area contributed by atoms with Crippen molar-refractivity contribution < 1.29 is 33.4 Å². The van der Waals surface area contributed by atoms with Crippen molar-refractivity contribution in [3.05, 3.63) is 58.1 Å².